The van der Waals surface area contributed by atoms with Gasteiger partial charge in [0.1, 0.15) is 11.5 Å². The van der Waals surface area contributed by atoms with Gasteiger partial charge in [-0.1, -0.05) is 6.07 Å². The second-order valence-electron chi connectivity index (χ2n) is 4.73. The molecule has 18 heavy (non-hydrogen) atoms. The van der Waals surface area contributed by atoms with Gasteiger partial charge in [0.2, 0.25) is 0 Å². The fraction of sp³-hybridized carbons (Fsp3) is 0.571. The highest BCUT2D eigenvalue weighted by molar-refractivity contribution is 5.42. The Bertz CT molecular complexity index is 387. The molecule has 0 saturated carbocycles. The minimum absolute atomic E-state index is 0.0502. The van der Waals surface area contributed by atoms with Crippen molar-refractivity contribution in [2.45, 2.75) is 19.4 Å². The third-order valence-corrected chi connectivity index (χ3v) is 3.21. The van der Waals surface area contributed by atoms with Crippen LogP contribution in [0.1, 0.15) is 24.9 Å². The van der Waals surface area contributed by atoms with Gasteiger partial charge < -0.3 is 19.9 Å². The first-order valence-corrected chi connectivity index (χ1v) is 6.34. The predicted octanol–water partition coefficient (Wildman–Crippen LogP) is 2.13. The smallest absolute Gasteiger partial charge is 0.127 e. The summed E-state index contributed by atoms with van der Waals surface area (Å²) >= 11 is 0. The lowest BCUT2D eigenvalue weighted by molar-refractivity contribution is 0.166. The summed E-state index contributed by atoms with van der Waals surface area (Å²) in [6.07, 6.45) is 1.07. The van der Waals surface area contributed by atoms with Crippen molar-refractivity contribution < 1.29 is 14.2 Å². The molecule has 1 fully saturated rings. The lowest BCUT2D eigenvalue weighted by Gasteiger charge is -2.17. The molecular weight excluding hydrogens is 230 g/mol. The molecule has 1 aromatic carbocycles. The normalized spacial score (nSPS) is 20.7. The van der Waals surface area contributed by atoms with Crippen LogP contribution in [-0.2, 0) is 4.74 Å². The van der Waals surface area contributed by atoms with Crippen molar-refractivity contribution in [3.05, 3.63) is 23.8 Å². The molecule has 1 aromatic rings. The summed E-state index contributed by atoms with van der Waals surface area (Å²) in [5, 5.41) is 0. The van der Waals surface area contributed by atoms with Crippen LogP contribution >= 0.6 is 0 Å². The highest BCUT2D eigenvalue weighted by Gasteiger charge is 2.17. The number of benzene rings is 1. The van der Waals surface area contributed by atoms with E-state index in [-0.39, 0.29) is 6.04 Å². The first-order valence-electron chi connectivity index (χ1n) is 6.34. The minimum Gasteiger partial charge on any atom is -0.497 e. The molecule has 2 atom stereocenters. The lowest BCUT2D eigenvalue weighted by atomic mass is 10.1. The second kappa shape index (κ2) is 6.07. The maximum Gasteiger partial charge on any atom is 0.127 e. The lowest BCUT2D eigenvalue weighted by Crippen LogP contribution is -2.14. The highest BCUT2D eigenvalue weighted by atomic mass is 16.5. The van der Waals surface area contributed by atoms with Crippen LogP contribution in [0.25, 0.3) is 0 Å². The van der Waals surface area contributed by atoms with E-state index in [0.717, 1.165) is 36.7 Å². The van der Waals surface area contributed by atoms with E-state index in [9.17, 15) is 0 Å². The summed E-state index contributed by atoms with van der Waals surface area (Å²) in [6, 6.07) is 5.72. The number of hydrogen-bond donors (Lipinski definition) is 1. The minimum atomic E-state index is -0.0502. The van der Waals surface area contributed by atoms with Crippen molar-refractivity contribution in [3.63, 3.8) is 0 Å². The van der Waals surface area contributed by atoms with E-state index >= 15 is 0 Å². The summed E-state index contributed by atoms with van der Waals surface area (Å²) in [5.41, 5.74) is 6.95. The van der Waals surface area contributed by atoms with Crippen molar-refractivity contribution in [3.8, 4) is 11.5 Å². The van der Waals surface area contributed by atoms with Gasteiger partial charge in [0, 0.05) is 30.2 Å². The molecule has 0 radical (unpaired) electrons. The van der Waals surface area contributed by atoms with Crippen LogP contribution in [0.5, 0.6) is 11.5 Å². The first-order chi connectivity index (χ1) is 8.70. The molecule has 0 aromatic heterocycles. The van der Waals surface area contributed by atoms with Crippen LogP contribution in [0, 0.1) is 5.92 Å². The van der Waals surface area contributed by atoms with Crippen LogP contribution < -0.4 is 15.2 Å². The van der Waals surface area contributed by atoms with Gasteiger partial charge >= 0.3 is 0 Å². The maximum absolute atomic E-state index is 5.94. The van der Waals surface area contributed by atoms with Crippen LogP contribution in [-0.4, -0.2) is 26.9 Å². The maximum atomic E-state index is 5.94. The zero-order valence-electron chi connectivity index (χ0n) is 11.0. The molecule has 1 aliphatic heterocycles. The predicted molar refractivity (Wildman–Crippen MR) is 70.0 cm³/mol. The molecule has 1 saturated heterocycles. The molecule has 4 nitrogen and oxygen atoms in total. The molecule has 4 heteroatoms. The van der Waals surface area contributed by atoms with Gasteiger partial charge in [0.25, 0.3) is 0 Å². The van der Waals surface area contributed by atoms with Crippen molar-refractivity contribution in [1.29, 1.82) is 0 Å². The van der Waals surface area contributed by atoms with Gasteiger partial charge in [0.15, 0.2) is 0 Å². The third-order valence-electron chi connectivity index (χ3n) is 3.21. The van der Waals surface area contributed by atoms with Gasteiger partial charge in [-0.2, -0.15) is 0 Å². The zero-order chi connectivity index (χ0) is 13.0. The average Bonchev–Trinajstić information content (AvgIpc) is 2.88. The fourth-order valence-electron chi connectivity index (χ4n) is 2.07. The quantitative estimate of drug-likeness (QED) is 0.871. The van der Waals surface area contributed by atoms with Crippen LogP contribution in [0.4, 0.5) is 0 Å². The van der Waals surface area contributed by atoms with Crippen LogP contribution in [0.15, 0.2) is 18.2 Å². The zero-order valence-corrected chi connectivity index (χ0v) is 11.0. The molecule has 1 aliphatic rings. The molecule has 2 unspecified atom stereocenters. The Morgan fingerprint density at radius 1 is 1.50 bits per heavy atom. The van der Waals surface area contributed by atoms with E-state index in [4.69, 9.17) is 19.9 Å². The molecular formula is C14H21NO3. The van der Waals surface area contributed by atoms with E-state index in [1.54, 1.807) is 7.11 Å². The molecule has 1 heterocycles. The van der Waals surface area contributed by atoms with E-state index in [1.165, 1.54) is 0 Å². The monoisotopic (exact) mass is 251 g/mol. The Morgan fingerprint density at radius 3 is 2.94 bits per heavy atom. The van der Waals surface area contributed by atoms with Crippen molar-refractivity contribution in [2.24, 2.45) is 11.7 Å². The Balaban J connectivity index is 2.07. The van der Waals surface area contributed by atoms with E-state index < -0.39 is 0 Å². The number of hydrogen-bond acceptors (Lipinski definition) is 4. The van der Waals surface area contributed by atoms with Crippen molar-refractivity contribution in [2.75, 3.05) is 26.9 Å². The van der Waals surface area contributed by atoms with Crippen LogP contribution in [0.2, 0.25) is 0 Å². The van der Waals surface area contributed by atoms with Crippen LogP contribution in [0.3, 0.4) is 0 Å². The summed E-state index contributed by atoms with van der Waals surface area (Å²) < 4.78 is 16.4. The van der Waals surface area contributed by atoms with E-state index in [2.05, 4.69) is 0 Å². The van der Waals surface area contributed by atoms with Crippen molar-refractivity contribution in [1.82, 2.24) is 0 Å². The SMILES string of the molecule is COc1ccc(C(C)N)c(OCC2CCOC2)c1. The number of methoxy groups -OCH3 is 1. The molecule has 0 aliphatic carbocycles. The Labute approximate surface area is 108 Å². The highest BCUT2D eigenvalue weighted by Crippen LogP contribution is 2.29. The number of ether oxygens (including phenoxy) is 3. The molecule has 2 rings (SSSR count). The number of nitrogens with two attached hydrogens (primary N) is 1. The summed E-state index contributed by atoms with van der Waals surface area (Å²) in [6.45, 7) is 4.25. The fourth-order valence-corrected chi connectivity index (χ4v) is 2.07. The molecule has 100 valence electrons. The number of rotatable bonds is 5. The first kappa shape index (κ1) is 13.2. The topological polar surface area (TPSA) is 53.7 Å². The molecule has 0 amide bonds. The summed E-state index contributed by atoms with van der Waals surface area (Å²) in [7, 11) is 1.65. The largest absolute Gasteiger partial charge is 0.497 e. The van der Waals surface area contributed by atoms with Gasteiger partial charge in [-0.15, -0.1) is 0 Å². The summed E-state index contributed by atoms with van der Waals surface area (Å²) in [5.74, 6) is 2.09. The standard InChI is InChI=1S/C14H21NO3/c1-10(15)13-4-3-12(16-2)7-14(13)18-9-11-5-6-17-8-11/h3-4,7,10-11H,5-6,8-9,15H2,1-2H3. The van der Waals surface area contributed by atoms with Gasteiger partial charge in [0.05, 0.1) is 20.3 Å². The van der Waals surface area contributed by atoms with Gasteiger partial charge in [-0.25, -0.2) is 0 Å². The second-order valence-corrected chi connectivity index (χ2v) is 4.73. The van der Waals surface area contributed by atoms with Gasteiger partial charge in [-0.3, -0.25) is 0 Å². The Kier molecular flexibility index (Phi) is 4.44. The van der Waals surface area contributed by atoms with Crippen molar-refractivity contribution >= 4 is 0 Å². The molecule has 0 spiro atoms. The Hall–Kier alpha value is -1.26. The van der Waals surface area contributed by atoms with E-state index in [1.807, 2.05) is 25.1 Å². The molecule has 0 bridgehead atoms. The third kappa shape index (κ3) is 3.15. The Morgan fingerprint density at radius 2 is 2.33 bits per heavy atom. The van der Waals surface area contributed by atoms with Gasteiger partial charge in [-0.05, 0) is 19.4 Å². The molecule has 2 N–H and O–H groups in total. The van der Waals surface area contributed by atoms with E-state index in [0.29, 0.717) is 12.5 Å². The summed E-state index contributed by atoms with van der Waals surface area (Å²) in [4.78, 5) is 0. The average molecular weight is 251 g/mol.